The molecule has 0 aliphatic carbocycles. The van der Waals surface area contributed by atoms with E-state index in [0.29, 0.717) is 5.75 Å². The minimum atomic E-state index is -0.199. The molecule has 0 unspecified atom stereocenters. The van der Waals surface area contributed by atoms with E-state index in [0.717, 1.165) is 35.3 Å². The number of rotatable bonds is 7. The lowest BCUT2D eigenvalue weighted by molar-refractivity contribution is -0.118. The van der Waals surface area contributed by atoms with Crippen molar-refractivity contribution in [2.45, 2.75) is 38.0 Å². The second kappa shape index (κ2) is 10.0. The smallest absolute Gasteiger partial charge is 0.238 e. The highest BCUT2D eigenvalue weighted by Crippen LogP contribution is 2.42. The number of nitrogens with one attached hydrogen (secondary N) is 1. The van der Waals surface area contributed by atoms with Gasteiger partial charge in [-0.3, -0.25) is 14.5 Å². The summed E-state index contributed by atoms with van der Waals surface area (Å²) in [7, 11) is 0. The third-order valence-electron chi connectivity index (χ3n) is 5.83. The molecule has 164 valence electrons. The summed E-state index contributed by atoms with van der Waals surface area (Å²) in [5.74, 6) is 0.343. The Labute approximate surface area is 194 Å². The summed E-state index contributed by atoms with van der Waals surface area (Å²) >= 11 is 1.62. The van der Waals surface area contributed by atoms with Gasteiger partial charge in [0.1, 0.15) is 5.37 Å². The number of amides is 2. The largest absolute Gasteiger partial charge is 0.326 e. The molecule has 4 rings (SSSR count). The Kier molecular flexibility index (Phi) is 6.96. The molecule has 2 atom stereocenters. The molecule has 1 aliphatic rings. The van der Waals surface area contributed by atoms with E-state index < -0.39 is 0 Å². The molecule has 32 heavy (non-hydrogen) atoms. The number of hydrogen-bond acceptors (Lipinski definition) is 3. The van der Waals surface area contributed by atoms with Crippen LogP contribution < -0.4 is 10.2 Å². The number of thioether (sulfide) groups is 1. The fourth-order valence-corrected chi connectivity index (χ4v) is 5.30. The van der Waals surface area contributed by atoms with Crippen molar-refractivity contribution < 1.29 is 9.59 Å². The first-order valence-electron chi connectivity index (χ1n) is 11.1. The van der Waals surface area contributed by atoms with Gasteiger partial charge in [-0.1, -0.05) is 68.4 Å². The molecule has 4 nitrogen and oxygen atoms in total. The van der Waals surface area contributed by atoms with E-state index in [4.69, 9.17) is 0 Å². The number of benzene rings is 3. The zero-order chi connectivity index (χ0) is 22.5. The van der Waals surface area contributed by atoms with Gasteiger partial charge in [0.2, 0.25) is 11.8 Å². The van der Waals surface area contributed by atoms with Gasteiger partial charge >= 0.3 is 0 Å². The number of aryl methyl sites for hydroxylation is 1. The lowest BCUT2D eigenvalue weighted by atomic mass is 9.95. The summed E-state index contributed by atoms with van der Waals surface area (Å²) in [6.07, 6.45) is 1.65. The number of anilines is 2. The first kappa shape index (κ1) is 22.2. The van der Waals surface area contributed by atoms with Crippen molar-refractivity contribution in [3.63, 3.8) is 0 Å². The van der Waals surface area contributed by atoms with Crippen molar-refractivity contribution in [2.24, 2.45) is 0 Å². The number of nitrogens with zero attached hydrogens (tertiary/aromatic N) is 1. The molecule has 3 aromatic carbocycles. The van der Waals surface area contributed by atoms with Gasteiger partial charge in [-0.15, -0.1) is 11.8 Å². The number of carbonyl (C=O) groups excluding carboxylic acids is 2. The summed E-state index contributed by atoms with van der Waals surface area (Å²) in [6.45, 7) is 4.14. The molecule has 0 saturated carbocycles. The van der Waals surface area contributed by atoms with Gasteiger partial charge in [0.05, 0.1) is 11.7 Å². The second-order valence-electron chi connectivity index (χ2n) is 7.94. The topological polar surface area (TPSA) is 49.4 Å². The molecule has 0 spiro atoms. The minimum Gasteiger partial charge on any atom is -0.326 e. The van der Waals surface area contributed by atoms with Crippen molar-refractivity contribution in [3.05, 3.63) is 95.6 Å². The summed E-state index contributed by atoms with van der Waals surface area (Å²) < 4.78 is 0. The lowest BCUT2D eigenvalue weighted by Crippen LogP contribution is -2.28. The molecular weight excluding hydrogens is 416 g/mol. The van der Waals surface area contributed by atoms with Crippen molar-refractivity contribution in [1.29, 1.82) is 0 Å². The summed E-state index contributed by atoms with van der Waals surface area (Å²) in [5.41, 5.74) is 4.91. The predicted molar refractivity (Wildman–Crippen MR) is 133 cm³/mol. The molecule has 1 aliphatic heterocycles. The Morgan fingerprint density at radius 2 is 1.81 bits per heavy atom. The zero-order valence-corrected chi connectivity index (χ0v) is 19.3. The monoisotopic (exact) mass is 444 g/mol. The highest BCUT2D eigenvalue weighted by Gasteiger charge is 2.34. The molecule has 1 fully saturated rings. The molecular formula is C27H28N2O2S. The molecule has 2 amide bonds. The van der Waals surface area contributed by atoms with Crippen LogP contribution in [0.15, 0.2) is 78.9 Å². The maximum atomic E-state index is 13.0. The van der Waals surface area contributed by atoms with Gasteiger partial charge in [0.25, 0.3) is 0 Å². The van der Waals surface area contributed by atoms with Crippen LogP contribution in [0.5, 0.6) is 0 Å². The predicted octanol–water partition coefficient (Wildman–Crippen LogP) is 6.16. The van der Waals surface area contributed by atoms with E-state index in [1.165, 1.54) is 5.56 Å². The van der Waals surface area contributed by atoms with Crippen LogP contribution in [-0.4, -0.2) is 17.6 Å². The van der Waals surface area contributed by atoms with Crippen molar-refractivity contribution in [3.8, 4) is 0 Å². The van der Waals surface area contributed by atoms with E-state index in [-0.39, 0.29) is 23.1 Å². The van der Waals surface area contributed by atoms with Crippen LogP contribution in [0.4, 0.5) is 11.4 Å². The Hall–Kier alpha value is -3.05. The molecule has 3 aromatic rings. The Morgan fingerprint density at radius 1 is 1.03 bits per heavy atom. The zero-order valence-electron chi connectivity index (χ0n) is 18.5. The van der Waals surface area contributed by atoms with Crippen LogP contribution >= 0.6 is 11.8 Å². The molecule has 0 bridgehead atoms. The fourth-order valence-electron chi connectivity index (χ4n) is 4.13. The van der Waals surface area contributed by atoms with Gasteiger partial charge in [0, 0.05) is 11.4 Å². The lowest BCUT2D eigenvalue weighted by Gasteiger charge is -2.25. The Bertz CT molecular complexity index is 1100. The van der Waals surface area contributed by atoms with Crippen LogP contribution in [0.25, 0.3) is 0 Å². The maximum absolute atomic E-state index is 13.0. The van der Waals surface area contributed by atoms with Crippen LogP contribution in [0.2, 0.25) is 0 Å². The van der Waals surface area contributed by atoms with Crippen LogP contribution in [0.3, 0.4) is 0 Å². The first-order valence-corrected chi connectivity index (χ1v) is 12.1. The van der Waals surface area contributed by atoms with E-state index >= 15 is 0 Å². The number of carbonyl (C=O) groups is 2. The third-order valence-corrected chi connectivity index (χ3v) is 7.04. The minimum absolute atomic E-state index is 0.0153. The van der Waals surface area contributed by atoms with Crippen LogP contribution in [0.1, 0.15) is 48.3 Å². The SMILES string of the molecule is CCc1cccc(N2C(=O)CS[C@@H]2c2cccc(NC(=O)[C@@H](CC)c3ccccc3)c2)c1. The van der Waals surface area contributed by atoms with Crippen LogP contribution in [-0.2, 0) is 16.0 Å². The normalized spacial score (nSPS) is 16.8. The van der Waals surface area contributed by atoms with E-state index in [2.05, 4.69) is 24.4 Å². The highest BCUT2D eigenvalue weighted by molar-refractivity contribution is 8.00. The van der Waals surface area contributed by atoms with Crippen molar-refractivity contribution in [2.75, 3.05) is 16.0 Å². The van der Waals surface area contributed by atoms with Gasteiger partial charge in [-0.25, -0.2) is 0 Å². The van der Waals surface area contributed by atoms with Gasteiger partial charge in [-0.05, 0) is 53.8 Å². The van der Waals surface area contributed by atoms with Crippen LogP contribution in [0, 0.1) is 0 Å². The molecule has 1 N–H and O–H groups in total. The molecule has 5 heteroatoms. The average molecular weight is 445 g/mol. The van der Waals surface area contributed by atoms with Gasteiger partial charge in [0.15, 0.2) is 0 Å². The fraction of sp³-hybridized carbons (Fsp3) is 0.259. The Balaban J connectivity index is 1.56. The quantitative estimate of drug-likeness (QED) is 0.475. The maximum Gasteiger partial charge on any atom is 0.238 e. The van der Waals surface area contributed by atoms with E-state index in [1.807, 2.05) is 78.6 Å². The first-order chi connectivity index (χ1) is 15.6. The number of hydrogen-bond donors (Lipinski definition) is 1. The molecule has 0 aromatic heterocycles. The second-order valence-corrected chi connectivity index (χ2v) is 9.01. The third kappa shape index (κ3) is 4.73. The summed E-state index contributed by atoms with van der Waals surface area (Å²) in [6, 6.07) is 25.9. The standard InChI is InChI=1S/C27H28N2O2S/c1-3-19-10-8-15-23(16-19)29-25(30)18-32-27(29)21-13-9-14-22(17-21)28-26(31)24(4-2)20-11-6-5-7-12-20/h5-17,24,27H,3-4,18H2,1-2H3,(H,28,31)/t24-,27+/m0/s1. The van der Waals surface area contributed by atoms with Gasteiger partial charge in [-0.2, -0.15) is 0 Å². The summed E-state index contributed by atoms with van der Waals surface area (Å²) in [5, 5.41) is 2.98. The molecule has 1 heterocycles. The summed E-state index contributed by atoms with van der Waals surface area (Å²) in [4.78, 5) is 27.6. The van der Waals surface area contributed by atoms with Crippen molar-refractivity contribution in [1.82, 2.24) is 0 Å². The molecule has 0 radical (unpaired) electrons. The van der Waals surface area contributed by atoms with Gasteiger partial charge < -0.3 is 5.32 Å². The van der Waals surface area contributed by atoms with Crippen molar-refractivity contribution >= 4 is 35.0 Å². The Morgan fingerprint density at radius 3 is 2.56 bits per heavy atom. The van der Waals surface area contributed by atoms with E-state index in [1.54, 1.807) is 11.8 Å². The highest BCUT2D eigenvalue weighted by atomic mass is 32.2. The molecule has 1 saturated heterocycles. The van der Waals surface area contributed by atoms with E-state index in [9.17, 15) is 9.59 Å². The average Bonchev–Trinajstić information content (AvgIpc) is 3.22.